The van der Waals surface area contributed by atoms with Crippen molar-refractivity contribution in [2.24, 2.45) is 0 Å². The fraction of sp³-hybridized carbons (Fsp3) is 0.438. The van der Waals surface area contributed by atoms with Crippen LogP contribution in [0.4, 0.5) is 0 Å². The van der Waals surface area contributed by atoms with Crippen molar-refractivity contribution >= 4 is 11.7 Å². The Bertz CT molecular complexity index is 591. The van der Waals surface area contributed by atoms with E-state index in [-0.39, 0.29) is 24.8 Å². The summed E-state index contributed by atoms with van der Waals surface area (Å²) >= 11 is 0. The molecule has 0 radical (unpaired) electrons. The van der Waals surface area contributed by atoms with E-state index in [1.807, 2.05) is 0 Å². The molecule has 1 aliphatic rings. The molecule has 0 aliphatic carbocycles. The minimum atomic E-state index is -0.914. The minimum absolute atomic E-state index is 0.0296. The number of Topliss-reactive ketones (excluding diaryl/α,β-unsaturated/α-hetero) is 1. The standard InChI is InChI=1S/C16H20N2O3/c1-11-12(2)21-10-18(15(11)20)16(3,4)14(19)9-13-5-7-17-8-6-13/h5-8H,9-10H2,1-4H3. The van der Waals surface area contributed by atoms with E-state index >= 15 is 0 Å². The zero-order valence-electron chi connectivity index (χ0n) is 12.8. The fourth-order valence-electron chi connectivity index (χ4n) is 2.15. The highest BCUT2D eigenvalue weighted by molar-refractivity contribution is 5.99. The van der Waals surface area contributed by atoms with Gasteiger partial charge in [-0.2, -0.15) is 0 Å². The molecule has 0 fully saturated rings. The fourth-order valence-corrected chi connectivity index (χ4v) is 2.15. The molecule has 0 atom stereocenters. The number of ketones is 1. The molecular formula is C16H20N2O3. The highest BCUT2D eigenvalue weighted by Crippen LogP contribution is 2.25. The van der Waals surface area contributed by atoms with E-state index in [1.165, 1.54) is 4.90 Å². The van der Waals surface area contributed by atoms with Gasteiger partial charge in [0.05, 0.1) is 11.1 Å². The summed E-state index contributed by atoms with van der Waals surface area (Å²) in [5, 5.41) is 0. The van der Waals surface area contributed by atoms with Crippen LogP contribution in [0.25, 0.3) is 0 Å². The SMILES string of the molecule is CC1=C(C)C(=O)N(C(C)(C)C(=O)Cc2ccncc2)CO1. The lowest BCUT2D eigenvalue weighted by molar-refractivity contribution is -0.150. The Labute approximate surface area is 124 Å². The van der Waals surface area contributed by atoms with E-state index in [1.54, 1.807) is 52.2 Å². The van der Waals surface area contributed by atoms with Gasteiger partial charge >= 0.3 is 0 Å². The molecule has 0 spiro atoms. The summed E-state index contributed by atoms with van der Waals surface area (Å²) in [6, 6.07) is 3.61. The van der Waals surface area contributed by atoms with Gasteiger partial charge in [0, 0.05) is 18.8 Å². The number of rotatable bonds is 4. The first-order chi connectivity index (χ1) is 9.84. The number of hydrogen-bond donors (Lipinski definition) is 0. The van der Waals surface area contributed by atoms with Crippen LogP contribution in [0, 0.1) is 0 Å². The van der Waals surface area contributed by atoms with Crippen LogP contribution in [-0.2, 0) is 20.7 Å². The number of carbonyl (C=O) groups is 2. The predicted molar refractivity (Wildman–Crippen MR) is 78.2 cm³/mol. The van der Waals surface area contributed by atoms with Crippen LogP contribution in [0.15, 0.2) is 35.9 Å². The second-order valence-corrected chi connectivity index (χ2v) is 5.70. The van der Waals surface area contributed by atoms with Gasteiger partial charge in [-0.05, 0) is 45.4 Å². The molecule has 21 heavy (non-hydrogen) atoms. The van der Waals surface area contributed by atoms with Gasteiger partial charge in [-0.3, -0.25) is 19.5 Å². The van der Waals surface area contributed by atoms with Crippen molar-refractivity contribution in [1.29, 1.82) is 0 Å². The van der Waals surface area contributed by atoms with Gasteiger partial charge in [0.1, 0.15) is 5.76 Å². The molecule has 1 aromatic heterocycles. The third-order valence-electron chi connectivity index (χ3n) is 3.98. The topological polar surface area (TPSA) is 59.5 Å². The lowest BCUT2D eigenvalue weighted by atomic mass is 9.91. The molecule has 112 valence electrons. The predicted octanol–water partition coefficient (Wildman–Crippen LogP) is 2.08. The molecule has 0 unspecified atom stereocenters. The van der Waals surface area contributed by atoms with Crippen molar-refractivity contribution in [3.05, 3.63) is 41.4 Å². The molecule has 1 amide bonds. The molecule has 5 nitrogen and oxygen atoms in total. The van der Waals surface area contributed by atoms with Gasteiger partial charge in [-0.1, -0.05) is 0 Å². The number of amides is 1. The van der Waals surface area contributed by atoms with Crippen molar-refractivity contribution in [2.45, 2.75) is 39.7 Å². The van der Waals surface area contributed by atoms with Crippen LogP contribution in [-0.4, -0.2) is 33.8 Å². The van der Waals surface area contributed by atoms with Crippen LogP contribution >= 0.6 is 0 Å². The molecule has 2 rings (SSSR count). The number of nitrogens with zero attached hydrogens (tertiary/aromatic N) is 2. The molecule has 5 heteroatoms. The van der Waals surface area contributed by atoms with Crippen LogP contribution < -0.4 is 0 Å². The van der Waals surface area contributed by atoms with E-state index in [0.29, 0.717) is 11.3 Å². The maximum absolute atomic E-state index is 12.6. The summed E-state index contributed by atoms with van der Waals surface area (Å²) in [4.78, 5) is 30.4. The van der Waals surface area contributed by atoms with Crippen molar-refractivity contribution in [3.8, 4) is 0 Å². The van der Waals surface area contributed by atoms with Gasteiger partial charge in [0.15, 0.2) is 12.5 Å². The van der Waals surface area contributed by atoms with Crippen molar-refractivity contribution in [1.82, 2.24) is 9.88 Å². The van der Waals surface area contributed by atoms with Crippen molar-refractivity contribution in [2.75, 3.05) is 6.73 Å². The monoisotopic (exact) mass is 288 g/mol. The Balaban J connectivity index is 2.18. The van der Waals surface area contributed by atoms with Gasteiger partial charge in [-0.15, -0.1) is 0 Å². The molecular weight excluding hydrogens is 268 g/mol. The third-order valence-corrected chi connectivity index (χ3v) is 3.98. The molecule has 0 aromatic carbocycles. The van der Waals surface area contributed by atoms with Crippen molar-refractivity contribution < 1.29 is 14.3 Å². The smallest absolute Gasteiger partial charge is 0.256 e. The first-order valence-corrected chi connectivity index (χ1v) is 6.88. The third kappa shape index (κ3) is 2.96. The first-order valence-electron chi connectivity index (χ1n) is 6.88. The molecule has 0 N–H and O–H groups in total. The van der Waals surface area contributed by atoms with Crippen LogP contribution in [0.1, 0.15) is 33.3 Å². The van der Waals surface area contributed by atoms with E-state index < -0.39 is 5.54 Å². The zero-order chi connectivity index (χ0) is 15.6. The van der Waals surface area contributed by atoms with Crippen LogP contribution in [0.5, 0.6) is 0 Å². The van der Waals surface area contributed by atoms with Crippen molar-refractivity contribution in [3.63, 3.8) is 0 Å². The van der Waals surface area contributed by atoms with Crippen LogP contribution in [0.3, 0.4) is 0 Å². The van der Waals surface area contributed by atoms with Gasteiger partial charge in [0.2, 0.25) is 0 Å². The van der Waals surface area contributed by atoms with E-state index in [9.17, 15) is 9.59 Å². The average Bonchev–Trinajstić information content (AvgIpc) is 2.45. The van der Waals surface area contributed by atoms with E-state index in [2.05, 4.69) is 4.98 Å². The summed E-state index contributed by atoms with van der Waals surface area (Å²) in [5.41, 5.74) is 0.519. The van der Waals surface area contributed by atoms with Gasteiger partial charge < -0.3 is 4.74 Å². The molecule has 0 saturated carbocycles. The highest BCUT2D eigenvalue weighted by Gasteiger charge is 2.40. The second-order valence-electron chi connectivity index (χ2n) is 5.70. The van der Waals surface area contributed by atoms with Gasteiger partial charge in [-0.25, -0.2) is 0 Å². The minimum Gasteiger partial charge on any atom is -0.477 e. The quantitative estimate of drug-likeness (QED) is 0.851. The maximum Gasteiger partial charge on any atom is 0.256 e. The number of carbonyl (C=O) groups excluding carboxylic acids is 2. The highest BCUT2D eigenvalue weighted by atomic mass is 16.5. The number of ether oxygens (including phenoxy) is 1. The number of allylic oxidation sites excluding steroid dienone is 1. The molecule has 2 heterocycles. The second kappa shape index (κ2) is 5.68. The summed E-state index contributed by atoms with van der Waals surface area (Å²) in [7, 11) is 0. The molecule has 1 aliphatic heterocycles. The lowest BCUT2D eigenvalue weighted by Crippen LogP contribution is -2.56. The Hall–Kier alpha value is -2.17. The lowest BCUT2D eigenvalue weighted by Gasteiger charge is -2.39. The zero-order valence-corrected chi connectivity index (χ0v) is 12.8. The average molecular weight is 288 g/mol. The van der Waals surface area contributed by atoms with E-state index in [0.717, 1.165) is 5.56 Å². The van der Waals surface area contributed by atoms with E-state index in [4.69, 9.17) is 4.74 Å². The van der Waals surface area contributed by atoms with Crippen LogP contribution in [0.2, 0.25) is 0 Å². The molecule has 0 bridgehead atoms. The largest absolute Gasteiger partial charge is 0.477 e. The first kappa shape index (κ1) is 15.2. The van der Waals surface area contributed by atoms with Gasteiger partial charge in [0.25, 0.3) is 5.91 Å². The Morgan fingerprint density at radius 2 is 1.95 bits per heavy atom. The Morgan fingerprint density at radius 1 is 1.33 bits per heavy atom. The summed E-state index contributed by atoms with van der Waals surface area (Å²) in [6.45, 7) is 7.10. The maximum atomic E-state index is 12.6. The number of hydrogen-bond acceptors (Lipinski definition) is 4. The Morgan fingerprint density at radius 3 is 2.57 bits per heavy atom. The number of aromatic nitrogens is 1. The summed E-state index contributed by atoms with van der Waals surface area (Å²) in [6.07, 6.45) is 3.57. The Kier molecular flexibility index (Phi) is 4.11. The normalized spacial score (nSPS) is 16.0. The summed E-state index contributed by atoms with van der Waals surface area (Å²) in [5.74, 6) is 0.443. The molecule has 0 saturated heterocycles. The number of pyridine rings is 1. The summed E-state index contributed by atoms with van der Waals surface area (Å²) < 4.78 is 5.48. The molecule has 1 aromatic rings.